The molecule has 1 amide bonds. The highest BCUT2D eigenvalue weighted by atomic mass is 32.1. The van der Waals surface area contributed by atoms with Gasteiger partial charge in [0.15, 0.2) is 5.43 Å². The number of benzene rings is 2. The Morgan fingerprint density at radius 3 is 2.71 bits per heavy atom. The normalized spacial score (nSPS) is 15.5. The fourth-order valence-electron chi connectivity index (χ4n) is 3.92. The second-order valence-electron chi connectivity index (χ2n) is 7.36. The van der Waals surface area contributed by atoms with Crippen molar-refractivity contribution in [3.63, 3.8) is 0 Å². The SMILES string of the molecule is CCOc1cccc(C2c3c(oc4ccc(C)cc4c3=O)C(=O)N2c2nnc(C)s2)c1. The van der Waals surface area contributed by atoms with E-state index < -0.39 is 11.9 Å². The predicted molar refractivity (Wildman–Crippen MR) is 118 cm³/mol. The van der Waals surface area contributed by atoms with E-state index in [1.54, 1.807) is 12.1 Å². The highest BCUT2D eigenvalue weighted by molar-refractivity contribution is 7.15. The minimum atomic E-state index is -0.684. The van der Waals surface area contributed by atoms with Gasteiger partial charge >= 0.3 is 0 Å². The van der Waals surface area contributed by atoms with E-state index in [9.17, 15) is 9.59 Å². The summed E-state index contributed by atoms with van der Waals surface area (Å²) < 4.78 is 11.6. The Bertz CT molecular complexity index is 1390. The molecule has 4 aromatic rings. The van der Waals surface area contributed by atoms with Crippen LogP contribution in [0.1, 0.15) is 45.2 Å². The van der Waals surface area contributed by atoms with Crippen LogP contribution in [0.2, 0.25) is 0 Å². The molecule has 0 radical (unpaired) electrons. The smallest absolute Gasteiger partial charge is 0.297 e. The van der Waals surface area contributed by atoms with Crippen molar-refractivity contribution in [3.05, 3.63) is 80.1 Å². The monoisotopic (exact) mass is 433 g/mol. The Morgan fingerprint density at radius 1 is 1.13 bits per heavy atom. The number of nitrogens with zero attached hydrogens (tertiary/aromatic N) is 3. The van der Waals surface area contributed by atoms with Gasteiger partial charge in [0, 0.05) is 0 Å². The standard InChI is InChI=1S/C23H19N3O4S/c1-4-29-15-7-5-6-14(11-15)19-18-20(27)16-10-12(2)8-9-17(16)30-21(18)22(28)26(19)23-25-24-13(3)31-23/h5-11,19H,4H2,1-3H3. The first-order valence-corrected chi connectivity index (χ1v) is 10.7. The van der Waals surface area contributed by atoms with E-state index in [1.807, 2.05) is 51.1 Å². The van der Waals surface area contributed by atoms with Crippen LogP contribution >= 0.6 is 11.3 Å². The highest BCUT2D eigenvalue weighted by Gasteiger charge is 2.45. The summed E-state index contributed by atoms with van der Waals surface area (Å²) in [5.74, 6) is 0.300. The maximum Gasteiger partial charge on any atom is 0.297 e. The van der Waals surface area contributed by atoms with Gasteiger partial charge in [0.2, 0.25) is 10.9 Å². The van der Waals surface area contributed by atoms with Gasteiger partial charge in [-0.2, -0.15) is 0 Å². The second kappa shape index (κ2) is 7.31. The largest absolute Gasteiger partial charge is 0.494 e. The number of rotatable bonds is 4. The number of fused-ring (bicyclic) bond motifs is 2. The lowest BCUT2D eigenvalue weighted by molar-refractivity contribution is 0.0970. The van der Waals surface area contributed by atoms with Gasteiger partial charge in [-0.05, 0) is 50.6 Å². The van der Waals surface area contributed by atoms with Gasteiger partial charge in [-0.3, -0.25) is 14.5 Å². The van der Waals surface area contributed by atoms with E-state index in [0.29, 0.717) is 34.0 Å². The summed E-state index contributed by atoms with van der Waals surface area (Å²) in [4.78, 5) is 28.6. The third-order valence-electron chi connectivity index (χ3n) is 5.23. The first-order chi connectivity index (χ1) is 15.0. The number of amides is 1. The van der Waals surface area contributed by atoms with E-state index >= 15 is 0 Å². The summed E-state index contributed by atoms with van der Waals surface area (Å²) in [6.45, 7) is 6.14. The predicted octanol–water partition coefficient (Wildman–Crippen LogP) is 4.41. The molecule has 31 heavy (non-hydrogen) atoms. The van der Waals surface area contributed by atoms with Crippen molar-refractivity contribution in [3.8, 4) is 5.75 Å². The lowest BCUT2D eigenvalue weighted by Gasteiger charge is -2.22. The zero-order chi connectivity index (χ0) is 21.7. The van der Waals surface area contributed by atoms with Gasteiger partial charge in [0.25, 0.3) is 5.91 Å². The minimum Gasteiger partial charge on any atom is -0.494 e. The number of hydrogen-bond donors (Lipinski definition) is 0. The van der Waals surface area contributed by atoms with Gasteiger partial charge < -0.3 is 9.15 Å². The van der Waals surface area contributed by atoms with Gasteiger partial charge in [-0.15, -0.1) is 10.2 Å². The number of hydrogen-bond acceptors (Lipinski definition) is 7. The van der Waals surface area contributed by atoms with Crippen molar-refractivity contribution in [1.29, 1.82) is 0 Å². The van der Waals surface area contributed by atoms with Crippen LogP contribution in [0.5, 0.6) is 5.75 Å². The van der Waals surface area contributed by atoms with Gasteiger partial charge in [-0.25, -0.2) is 0 Å². The molecule has 1 unspecified atom stereocenters. The number of aryl methyl sites for hydroxylation is 2. The summed E-state index contributed by atoms with van der Waals surface area (Å²) >= 11 is 1.29. The van der Waals surface area contributed by atoms with E-state index in [2.05, 4.69) is 10.2 Å². The number of ether oxygens (including phenoxy) is 1. The molecule has 0 fully saturated rings. The summed E-state index contributed by atoms with van der Waals surface area (Å²) in [6.07, 6.45) is 0. The summed E-state index contributed by atoms with van der Waals surface area (Å²) in [5, 5.41) is 9.83. The fourth-order valence-corrected chi connectivity index (χ4v) is 4.64. The first-order valence-electron chi connectivity index (χ1n) is 9.91. The molecule has 0 aliphatic carbocycles. The van der Waals surface area contributed by atoms with Crippen LogP contribution in [0.4, 0.5) is 5.13 Å². The van der Waals surface area contributed by atoms with E-state index in [0.717, 1.165) is 16.1 Å². The quantitative estimate of drug-likeness (QED) is 0.474. The van der Waals surface area contributed by atoms with Crippen LogP contribution in [-0.2, 0) is 0 Å². The molecule has 0 N–H and O–H groups in total. The third kappa shape index (κ3) is 3.11. The molecule has 5 rings (SSSR count). The van der Waals surface area contributed by atoms with Gasteiger partial charge in [0.1, 0.15) is 16.3 Å². The third-order valence-corrected chi connectivity index (χ3v) is 6.07. The summed E-state index contributed by atoms with van der Waals surface area (Å²) in [6, 6.07) is 12.1. The zero-order valence-corrected chi connectivity index (χ0v) is 18.0. The lowest BCUT2D eigenvalue weighted by atomic mass is 9.98. The molecule has 1 aliphatic heterocycles. The first kappa shape index (κ1) is 19.4. The Labute approximate surface area is 181 Å². The molecular formula is C23H19N3O4S. The van der Waals surface area contributed by atoms with Crippen LogP contribution in [0.3, 0.4) is 0 Å². The van der Waals surface area contributed by atoms with Crippen molar-refractivity contribution >= 4 is 33.3 Å². The minimum absolute atomic E-state index is 0.0426. The summed E-state index contributed by atoms with van der Waals surface area (Å²) in [5.41, 5.74) is 2.16. The van der Waals surface area contributed by atoms with E-state index in [-0.39, 0.29) is 11.2 Å². The molecule has 0 spiro atoms. The molecule has 0 saturated heterocycles. The molecule has 0 saturated carbocycles. The average Bonchev–Trinajstić information content (AvgIpc) is 3.30. The van der Waals surface area contributed by atoms with Crippen molar-refractivity contribution < 1.29 is 13.9 Å². The highest BCUT2D eigenvalue weighted by Crippen LogP contribution is 2.42. The Balaban J connectivity index is 1.80. The molecule has 1 atom stereocenters. The van der Waals surface area contributed by atoms with E-state index in [1.165, 1.54) is 16.2 Å². The fraction of sp³-hybridized carbons (Fsp3) is 0.217. The number of aromatic nitrogens is 2. The summed E-state index contributed by atoms with van der Waals surface area (Å²) in [7, 11) is 0. The Morgan fingerprint density at radius 2 is 1.97 bits per heavy atom. The number of anilines is 1. The van der Waals surface area contributed by atoms with Crippen LogP contribution in [0, 0.1) is 13.8 Å². The topological polar surface area (TPSA) is 85.5 Å². The van der Waals surface area contributed by atoms with Crippen LogP contribution < -0.4 is 15.1 Å². The second-order valence-corrected chi connectivity index (χ2v) is 8.52. The lowest BCUT2D eigenvalue weighted by Crippen LogP contribution is -2.29. The van der Waals surface area contributed by atoms with Crippen molar-refractivity contribution in [2.24, 2.45) is 0 Å². The van der Waals surface area contributed by atoms with Gasteiger partial charge in [-0.1, -0.05) is 35.1 Å². The Kier molecular flexibility index (Phi) is 4.59. The molecule has 2 aromatic carbocycles. The molecule has 1 aliphatic rings. The molecule has 2 aromatic heterocycles. The molecular weight excluding hydrogens is 414 g/mol. The van der Waals surface area contributed by atoms with Crippen LogP contribution in [0.25, 0.3) is 11.0 Å². The van der Waals surface area contributed by atoms with Crippen LogP contribution in [-0.4, -0.2) is 22.7 Å². The molecule has 156 valence electrons. The maximum absolute atomic E-state index is 13.6. The zero-order valence-electron chi connectivity index (χ0n) is 17.2. The molecule has 7 nitrogen and oxygen atoms in total. The Hall–Kier alpha value is -3.52. The average molecular weight is 433 g/mol. The maximum atomic E-state index is 13.6. The number of carbonyl (C=O) groups excluding carboxylic acids is 1. The molecule has 8 heteroatoms. The van der Waals surface area contributed by atoms with Crippen molar-refractivity contribution in [2.45, 2.75) is 26.8 Å². The van der Waals surface area contributed by atoms with Crippen molar-refractivity contribution in [2.75, 3.05) is 11.5 Å². The molecule has 3 heterocycles. The van der Waals surface area contributed by atoms with Crippen molar-refractivity contribution in [1.82, 2.24) is 10.2 Å². The van der Waals surface area contributed by atoms with Gasteiger partial charge in [0.05, 0.1) is 23.6 Å². The number of carbonyl (C=O) groups is 1. The molecule has 0 bridgehead atoms. The van der Waals surface area contributed by atoms with Crippen LogP contribution in [0.15, 0.2) is 51.7 Å². The van der Waals surface area contributed by atoms with E-state index in [4.69, 9.17) is 9.15 Å².